The second kappa shape index (κ2) is 4.81. The normalized spacial score (nSPS) is 23.6. The Balaban J connectivity index is 1.96. The average Bonchev–Trinajstić information content (AvgIpc) is 2.74. The van der Waals surface area contributed by atoms with Gasteiger partial charge in [-0.15, -0.1) is 0 Å². The molecule has 0 aliphatic carbocycles. The van der Waals surface area contributed by atoms with Gasteiger partial charge in [-0.3, -0.25) is 9.78 Å². The van der Waals surface area contributed by atoms with Crippen LogP contribution < -0.4 is 5.32 Å². The van der Waals surface area contributed by atoms with Crippen LogP contribution in [0.25, 0.3) is 0 Å². The van der Waals surface area contributed by atoms with E-state index in [9.17, 15) is 9.90 Å². The van der Waals surface area contributed by atoms with Crippen molar-refractivity contribution < 1.29 is 14.6 Å². The van der Waals surface area contributed by atoms with E-state index in [1.165, 1.54) is 0 Å². The number of amides is 1. The van der Waals surface area contributed by atoms with E-state index in [2.05, 4.69) is 10.3 Å². The van der Waals surface area contributed by atoms with Crippen LogP contribution in [0.5, 0.6) is 0 Å². The number of pyridine rings is 1. The van der Waals surface area contributed by atoms with Crippen molar-refractivity contribution in [3.05, 3.63) is 29.6 Å². The summed E-state index contributed by atoms with van der Waals surface area (Å²) in [4.78, 5) is 15.9. The smallest absolute Gasteiger partial charge is 0.270 e. The van der Waals surface area contributed by atoms with Crippen LogP contribution in [-0.2, 0) is 4.74 Å². The molecule has 1 saturated heterocycles. The Kier molecular flexibility index (Phi) is 3.40. The zero-order chi connectivity index (χ0) is 12.3. The Morgan fingerprint density at radius 1 is 1.71 bits per heavy atom. The number of nitrogens with zero attached hydrogens (tertiary/aromatic N) is 1. The summed E-state index contributed by atoms with van der Waals surface area (Å²) < 4.78 is 5.10. The van der Waals surface area contributed by atoms with Gasteiger partial charge in [0.2, 0.25) is 0 Å². The van der Waals surface area contributed by atoms with Crippen molar-refractivity contribution in [2.45, 2.75) is 18.9 Å². The van der Waals surface area contributed by atoms with Crippen LogP contribution in [0.1, 0.15) is 22.5 Å². The van der Waals surface area contributed by atoms with Gasteiger partial charge in [0.15, 0.2) is 0 Å². The topological polar surface area (TPSA) is 71.5 Å². The van der Waals surface area contributed by atoms with E-state index in [1.807, 2.05) is 13.0 Å². The molecule has 92 valence electrons. The highest BCUT2D eigenvalue weighted by Gasteiger charge is 2.32. The van der Waals surface area contributed by atoms with E-state index in [4.69, 9.17) is 4.74 Å². The molecule has 1 unspecified atom stereocenters. The maximum absolute atomic E-state index is 11.8. The zero-order valence-corrected chi connectivity index (χ0v) is 9.77. The molecule has 1 fully saturated rings. The molecule has 0 aromatic carbocycles. The largest absolute Gasteiger partial charge is 0.386 e. The number of aryl methyl sites for hydroxylation is 1. The van der Waals surface area contributed by atoms with Crippen molar-refractivity contribution in [2.75, 3.05) is 19.8 Å². The molecular formula is C12H16N2O3. The number of nitrogens with one attached hydrogen (secondary N) is 1. The molecule has 2 rings (SSSR count). The lowest BCUT2D eigenvalue weighted by Crippen LogP contribution is -2.43. The summed E-state index contributed by atoms with van der Waals surface area (Å²) in [5, 5.41) is 12.7. The first-order valence-electron chi connectivity index (χ1n) is 5.61. The van der Waals surface area contributed by atoms with Gasteiger partial charge in [0.05, 0.1) is 6.61 Å². The summed E-state index contributed by atoms with van der Waals surface area (Å²) in [6.07, 6.45) is 2.13. The number of aromatic nitrogens is 1. The Bertz CT molecular complexity index is 414. The number of rotatable bonds is 3. The first-order chi connectivity index (χ1) is 8.11. The van der Waals surface area contributed by atoms with Crippen LogP contribution in [-0.4, -0.2) is 41.4 Å². The lowest BCUT2D eigenvalue weighted by molar-refractivity contribution is 0.0264. The van der Waals surface area contributed by atoms with Crippen molar-refractivity contribution in [3.63, 3.8) is 0 Å². The number of carbonyl (C=O) groups is 1. The number of hydrogen-bond acceptors (Lipinski definition) is 4. The van der Waals surface area contributed by atoms with E-state index in [1.54, 1.807) is 12.3 Å². The molecule has 1 aromatic heterocycles. The monoisotopic (exact) mass is 236 g/mol. The summed E-state index contributed by atoms with van der Waals surface area (Å²) in [5.74, 6) is -0.261. The van der Waals surface area contributed by atoms with E-state index < -0.39 is 5.60 Å². The third-order valence-corrected chi connectivity index (χ3v) is 2.89. The zero-order valence-electron chi connectivity index (χ0n) is 9.77. The fraction of sp³-hybridized carbons (Fsp3) is 0.500. The van der Waals surface area contributed by atoms with Gasteiger partial charge in [0, 0.05) is 25.8 Å². The van der Waals surface area contributed by atoms with Crippen LogP contribution in [0.4, 0.5) is 0 Å². The average molecular weight is 236 g/mol. The van der Waals surface area contributed by atoms with Gasteiger partial charge < -0.3 is 15.2 Å². The highest BCUT2D eigenvalue weighted by atomic mass is 16.5. The maximum Gasteiger partial charge on any atom is 0.270 e. The molecule has 5 nitrogen and oxygen atoms in total. The standard InChI is InChI=1S/C12H16N2O3/c1-9-3-2-5-13-10(9)11(15)14-7-12(16)4-6-17-8-12/h2-3,5,16H,4,6-8H2,1H3,(H,14,15). The second-order valence-corrected chi connectivity index (χ2v) is 4.38. The van der Waals surface area contributed by atoms with Gasteiger partial charge in [-0.1, -0.05) is 6.07 Å². The Hall–Kier alpha value is -1.46. The van der Waals surface area contributed by atoms with Crippen molar-refractivity contribution in [2.24, 2.45) is 0 Å². The summed E-state index contributed by atoms with van der Waals surface area (Å²) in [6, 6.07) is 3.61. The van der Waals surface area contributed by atoms with Crippen molar-refractivity contribution in [1.29, 1.82) is 0 Å². The van der Waals surface area contributed by atoms with Gasteiger partial charge in [-0.2, -0.15) is 0 Å². The number of carbonyl (C=O) groups excluding carboxylic acids is 1. The molecule has 17 heavy (non-hydrogen) atoms. The lowest BCUT2D eigenvalue weighted by atomic mass is 10.0. The summed E-state index contributed by atoms with van der Waals surface area (Å²) >= 11 is 0. The van der Waals surface area contributed by atoms with E-state index in [0.717, 1.165) is 5.56 Å². The van der Waals surface area contributed by atoms with Gasteiger partial charge in [-0.05, 0) is 18.6 Å². The first kappa shape index (κ1) is 12.0. The van der Waals surface area contributed by atoms with Gasteiger partial charge in [0.25, 0.3) is 5.91 Å². The van der Waals surface area contributed by atoms with Crippen LogP contribution in [0, 0.1) is 6.92 Å². The molecule has 1 aromatic rings. The van der Waals surface area contributed by atoms with E-state index in [-0.39, 0.29) is 19.1 Å². The minimum atomic E-state index is -0.932. The van der Waals surface area contributed by atoms with Crippen LogP contribution in [0.15, 0.2) is 18.3 Å². The predicted octanol–water partition coefficient (Wildman–Crippen LogP) is 0.271. The maximum atomic E-state index is 11.8. The van der Waals surface area contributed by atoms with Crippen LogP contribution in [0.2, 0.25) is 0 Å². The molecule has 1 atom stereocenters. The molecule has 2 heterocycles. The van der Waals surface area contributed by atoms with Crippen LogP contribution in [0.3, 0.4) is 0 Å². The minimum Gasteiger partial charge on any atom is -0.386 e. The van der Waals surface area contributed by atoms with Gasteiger partial charge in [0.1, 0.15) is 11.3 Å². The number of hydrogen-bond donors (Lipinski definition) is 2. The van der Waals surface area contributed by atoms with Crippen molar-refractivity contribution >= 4 is 5.91 Å². The molecule has 1 aliphatic rings. The molecule has 0 saturated carbocycles. The molecule has 0 radical (unpaired) electrons. The third kappa shape index (κ3) is 2.81. The van der Waals surface area contributed by atoms with E-state index in [0.29, 0.717) is 18.7 Å². The molecule has 5 heteroatoms. The fourth-order valence-electron chi connectivity index (χ4n) is 1.79. The van der Waals surface area contributed by atoms with Crippen molar-refractivity contribution in [1.82, 2.24) is 10.3 Å². The molecule has 2 N–H and O–H groups in total. The van der Waals surface area contributed by atoms with Gasteiger partial charge >= 0.3 is 0 Å². The Morgan fingerprint density at radius 3 is 3.18 bits per heavy atom. The lowest BCUT2D eigenvalue weighted by Gasteiger charge is -2.20. The Labute approximate surface area is 99.8 Å². The number of aliphatic hydroxyl groups is 1. The van der Waals surface area contributed by atoms with Gasteiger partial charge in [-0.25, -0.2) is 0 Å². The SMILES string of the molecule is Cc1cccnc1C(=O)NCC1(O)CCOC1. The third-order valence-electron chi connectivity index (χ3n) is 2.89. The molecule has 1 amide bonds. The van der Waals surface area contributed by atoms with Crippen molar-refractivity contribution in [3.8, 4) is 0 Å². The fourth-order valence-corrected chi connectivity index (χ4v) is 1.79. The summed E-state index contributed by atoms with van der Waals surface area (Å²) in [6.45, 7) is 2.83. The Morgan fingerprint density at radius 2 is 2.53 bits per heavy atom. The molecular weight excluding hydrogens is 220 g/mol. The molecule has 0 bridgehead atoms. The first-order valence-corrected chi connectivity index (χ1v) is 5.61. The summed E-state index contributed by atoms with van der Waals surface area (Å²) in [5.41, 5.74) is 0.285. The van der Waals surface area contributed by atoms with E-state index >= 15 is 0 Å². The summed E-state index contributed by atoms with van der Waals surface area (Å²) in [7, 11) is 0. The number of ether oxygens (including phenoxy) is 1. The second-order valence-electron chi connectivity index (χ2n) is 4.38. The minimum absolute atomic E-state index is 0.196. The molecule has 1 aliphatic heterocycles. The van der Waals surface area contributed by atoms with Crippen LogP contribution >= 0.6 is 0 Å². The predicted molar refractivity (Wildman–Crippen MR) is 61.7 cm³/mol. The highest BCUT2D eigenvalue weighted by Crippen LogP contribution is 2.17. The highest BCUT2D eigenvalue weighted by molar-refractivity contribution is 5.93. The molecule has 0 spiro atoms. The quantitative estimate of drug-likeness (QED) is 0.790.